The third kappa shape index (κ3) is 3.08. The molecule has 4 rings (SSSR count). The summed E-state index contributed by atoms with van der Waals surface area (Å²) in [5.41, 5.74) is 0.305. The molecule has 0 spiro atoms. The molecule has 0 radical (unpaired) electrons. The van der Waals surface area contributed by atoms with E-state index in [2.05, 4.69) is 5.10 Å². The van der Waals surface area contributed by atoms with E-state index < -0.39 is 23.5 Å². The van der Waals surface area contributed by atoms with Crippen LogP contribution in [0.15, 0.2) is 60.7 Å². The maximum absolute atomic E-state index is 14.7. The summed E-state index contributed by atoms with van der Waals surface area (Å²) in [5, 5.41) is 13.6. The number of carboxylic acid groups (broad SMARTS) is 1. The SMILES string of the molecule is COc1cccc(F)c1C(=O)n1nc(-c2ccc(C(=O)O)cc2)c2cccc(F)c21. The highest BCUT2D eigenvalue weighted by atomic mass is 19.1. The van der Waals surface area contributed by atoms with Gasteiger partial charge in [0.1, 0.15) is 34.2 Å². The summed E-state index contributed by atoms with van der Waals surface area (Å²) in [4.78, 5) is 24.2. The number of ether oxygens (including phenoxy) is 1. The first-order chi connectivity index (χ1) is 14.4. The van der Waals surface area contributed by atoms with Gasteiger partial charge >= 0.3 is 5.97 Å². The number of benzene rings is 3. The number of aromatic nitrogens is 2. The summed E-state index contributed by atoms with van der Waals surface area (Å²) in [7, 11) is 1.29. The van der Waals surface area contributed by atoms with Gasteiger partial charge in [0.05, 0.1) is 12.7 Å². The third-order valence-corrected chi connectivity index (χ3v) is 4.66. The maximum atomic E-state index is 14.7. The van der Waals surface area contributed by atoms with Crippen LogP contribution in [0.4, 0.5) is 8.78 Å². The van der Waals surface area contributed by atoms with E-state index in [1.54, 1.807) is 6.07 Å². The normalized spacial score (nSPS) is 10.9. The lowest BCUT2D eigenvalue weighted by molar-refractivity contribution is 0.0696. The van der Waals surface area contributed by atoms with Gasteiger partial charge in [-0.2, -0.15) is 9.78 Å². The maximum Gasteiger partial charge on any atom is 0.335 e. The van der Waals surface area contributed by atoms with E-state index in [0.717, 1.165) is 10.7 Å². The largest absolute Gasteiger partial charge is 0.496 e. The van der Waals surface area contributed by atoms with Crippen LogP contribution in [0.5, 0.6) is 5.75 Å². The number of rotatable bonds is 4. The predicted octanol–water partition coefficient (Wildman–Crippen LogP) is 4.38. The average Bonchev–Trinajstić information content (AvgIpc) is 3.14. The molecular weight excluding hydrogens is 394 g/mol. The van der Waals surface area contributed by atoms with E-state index in [9.17, 15) is 18.4 Å². The van der Waals surface area contributed by atoms with Crippen molar-refractivity contribution in [2.75, 3.05) is 7.11 Å². The van der Waals surface area contributed by atoms with Crippen LogP contribution in [-0.4, -0.2) is 33.9 Å². The minimum atomic E-state index is -1.09. The number of halogens is 2. The highest BCUT2D eigenvalue weighted by Crippen LogP contribution is 2.31. The third-order valence-electron chi connectivity index (χ3n) is 4.66. The van der Waals surface area contributed by atoms with Gasteiger partial charge in [-0.3, -0.25) is 4.79 Å². The van der Waals surface area contributed by atoms with E-state index in [0.29, 0.717) is 10.9 Å². The lowest BCUT2D eigenvalue weighted by atomic mass is 10.1. The summed E-state index contributed by atoms with van der Waals surface area (Å²) in [5.74, 6) is -3.53. The molecule has 0 fully saturated rings. The lowest BCUT2D eigenvalue weighted by Crippen LogP contribution is -2.17. The summed E-state index contributed by atoms with van der Waals surface area (Å²) < 4.78 is 35.0. The molecule has 0 saturated heterocycles. The standard InChI is InChI=1S/C22H14F2N2O4/c1-30-17-7-3-5-15(23)18(17)21(27)26-20-14(4-2-6-16(20)24)19(25-26)12-8-10-13(11-9-12)22(28)29/h2-11H,1H3,(H,28,29). The molecule has 1 heterocycles. The van der Waals surface area contributed by atoms with Crippen molar-refractivity contribution in [3.05, 3.63) is 83.4 Å². The minimum Gasteiger partial charge on any atom is -0.496 e. The number of para-hydroxylation sites is 1. The van der Waals surface area contributed by atoms with Crippen molar-refractivity contribution in [2.45, 2.75) is 0 Å². The minimum absolute atomic E-state index is 0.00708. The van der Waals surface area contributed by atoms with Crippen LogP contribution >= 0.6 is 0 Å². The van der Waals surface area contributed by atoms with Crippen molar-refractivity contribution in [3.8, 4) is 17.0 Å². The van der Waals surface area contributed by atoms with Gasteiger partial charge in [-0.05, 0) is 30.3 Å². The van der Waals surface area contributed by atoms with Crippen LogP contribution in [0.3, 0.4) is 0 Å². The Morgan fingerprint density at radius 1 is 0.967 bits per heavy atom. The molecule has 0 aliphatic carbocycles. The number of carboxylic acids is 1. The molecule has 0 unspecified atom stereocenters. The topological polar surface area (TPSA) is 81.4 Å². The summed E-state index contributed by atoms with van der Waals surface area (Å²) in [6.07, 6.45) is 0. The van der Waals surface area contributed by atoms with Crippen LogP contribution in [0, 0.1) is 11.6 Å². The van der Waals surface area contributed by atoms with Crippen LogP contribution < -0.4 is 4.74 Å². The summed E-state index contributed by atoms with van der Waals surface area (Å²) in [6.45, 7) is 0. The molecule has 1 N–H and O–H groups in total. The Bertz CT molecular complexity index is 1300. The van der Waals surface area contributed by atoms with Crippen molar-refractivity contribution < 1.29 is 28.2 Å². The van der Waals surface area contributed by atoms with Gasteiger partial charge in [-0.25, -0.2) is 13.6 Å². The number of nitrogens with zero attached hydrogens (tertiary/aromatic N) is 2. The molecule has 150 valence electrons. The quantitative estimate of drug-likeness (QED) is 0.542. The van der Waals surface area contributed by atoms with E-state index in [1.165, 1.54) is 55.6 Å². The molecule has 6 nitrogen and oxygen atoms in total. The van der Waals surface area contributed by atoms with E-state index in [4.69, 9.17) is 9.84 Å². The molecule has 8 heteroatoms. The highest BCUT2D eigenvalue weighted by molar-refractivity contribution is 6.06. The number of fused-ring (bicyclic) bond motifs is 1. The number of methoxy groups -OCH3 is 1. The van der Waals surface area contributed by atoms with Crippen molar-refractivity contribution >= 4 is 22.8 Å². The summed E-state index contributed by atoms with van der Waals surface area (Å²) >= 11 is 0. The van der Waals surface area contributed by atoms with Gasteiger partial charge < -0.3 is 9.84 Å². The molecule has 3 aromatic carbocycles. The Labute approximate surface area is 168 Å². The van der Waals surface area contributed by atoms with Crippen molar-refractivity contribution in [1.29, 1.82) is 0 Å². The van der Waals surface area contributed by atoms with Crippen molar-refractivity contribution in [2.24, 2.45) is 0 Å². The first-order valence-corrected chi connectivity index (χ1v) is 8.80. The molecule has 0 atom stereocenters. The summed E-state index contributed by atoms with van der Waals surface area (Å²) in [6, 6.07) is 13.9. The Morgan fingerprint density at radius 2 is 1.63 bits per heavy atom. The molecule has 0 bridgehead atoms. The van der Waals surface area contributed by atoms with E-state index in [-0.39, 0.29) is 28.1 Å². The number of carbonyl (C=O) groups excluding carboxylic acids is 1. The lowest BCUT2D eigenvalue weighted by Gasteiger charge is -2.09. The van der Waals surface area contributed by atoms with Gasteiger partial charge in [-0.15, -0.1) is 0 Å². The molecule has 30 heavy (non-hydrogen) atoms. The smallest absolute Gasteiger partial charge is 0.335 e. The first-order valence-electron chi connectivity index (χ1n) is 8.80. The fourth-order valence-corrected chi connectivity index (χ4v) is 3.24. The monoisotopic (exact) mass is 408 g/mol. The van der Waals surface area contributed by atoms with Crippen LogP contribution in [0.25, 0.3) is 22.2 Å². The molecular formula is C22H14F2N2O4. The van der Waals surface area contributed by atoms with Crippen molar-refractivity contribution in [3.63, 3.8) is 0 Å². The fourth-order valence-electron chi connectivity index (χ4n) is 3.24. The molecule has 4 aromatic rings. The van der Waals surface area contributed by atoms with Crippen LogP contribution in [-0.2, 0) is 0 Å². The zero-order chi connectivity index (χ0) is 21.4. The highest BCUT2D eigenvalue weighted by Gasteiger charge is 2.25. The van der Waals surface area contributed by atoms with Gasteiger partial charge in [0.25, 0.3) is 5.91 Å². The second kappa shape index (κ2) is 7.40. The van der Waals surface area contributed by atoms with Gasteiger partial charge in [0, 0.05) is 10.9 Å². The molecule has 1 aromatic heterocycles. The van der Waals surface area contributed by atoms with Gasteiger partial charge in [0.2, 0.25) is 0 Å². The van der Waals surface area contributed by atoms with E-state index in [1.807, 2.05) is 0 Å². The van der Waals surface area contributed by atoms with Gasteiger partial charge in [0.15, 0.2) is 0 Å². The number of aromatic carboxylic acids is 1. The predicted molar refractivity (Wildman–Crippen MR) is 105 cm³/mol. The average molecular weight is 408 g/mol. The van der Waals surface area contributed by atoms with Crippen molar-refractivity contribution in [1.82, 2.24) is 9.78 Å². The second-order valence-corrected chi connectivity index (χ2v) is 6.40. The zero-order valence-corrected chi connectivity index (χ0v) is 15.6. The zero-order valence-electron chi connectivity index (χ0n) is 15.6. The first kappa shape index (κ1) is 19.3. The van der Waals surface area contributed by atoms with E-state index >= 15 is 0 Å². The fraction of sp³-hybridized carbons (Fsp3) is 0.0455. The van der Waals surface area contributed by atoms with Crippen LogP contribution in [0.1, 0.15) is 20.7 Å². The number of hydrogen-bond acceptors (Lipinski definition) is 4. The van der Waals surface area contributed by atoms with Gasteiger partial charge in [-0.1, -0.05) is 30.3 Å². The number of carbonyl (C=O) groups is 2. The Morgan fingerprint density at radius 3 is 2.30 bits per heavy atom. The molecule has 0 aliphatic heterocycles. The molecule has 0 amide bonds. The second-order valence-electron chi connectivity index (χ2n) is 6.40. The molecule has 0 saturated carbocycles. The van der Waals surface area contributed by atoms with Crippen LogP contribution in [0.2, 0.25) is 0 Å². The molecule has 0 aliphatic rings. The Balaban J connectivity index is 1.94. The Kier molecular flexibility index (Phi) is 4.75. The number of hydrogen-bond donors (Lipinski definition) is 1. The Hall–Kier alpha value is -4.07.